The molecule has 0 atom stereocenters. The molecule has 1 aliphatic rings. The van der Waals surface area contributed by atoms with Gasteiger partial charge < -0.3 is 10.6 Å². The molecule has 5 heteroatoms. The summed E-state index contributed by atoms with van der Waals surface area (Å²) in [4.78, 5) is 23.3. The van der Waals surface area contributed by atoms with E-state index in [0.29, 0.717) is 25.4 Å². The van der Waals surface area contributed by atoms with Gasteiger partial charge in [-0.25, -0.2) is 0 Å². The highest BCUT2D eigenvalue weighted by atomic mass is 16.2. The zero-order valence-electron chi connectivity index (χ0n) is 11.1. The van der Waals surface area contributed by atoms with Crippen molar-refractivity contribution in [2.45, 2.75) is 52.0 Å². The molecule has 2 N–H and O–H groups in total. The van der Waals surface area contributed by atoms with Gasteiger partial charge in [-0.05, 0) is 25.7 Å². The van der Waals surface area contributed by atoms with Crippen molar-refractivity contribution >= 4 is 11.8 Å². The van der Waals surface area contributed by atoms with E-state index < -0.39 is 5.41 Å². The average Bonchev–Trinajstić information content (AvgIpc) is 3.16. The predicted octanol–water partition coefficient (Wildman–Crippen LogP) is 1.10. The van der Waals surface area contributed by atoms with Gasteiger partial charge in [-0.3, -0.25) is 9.59 Å². The number of hydrogen-bond acceptors (Lipinski definition) is 3. The lowest BCUT2D eigenvalue weighted by Gasteiger charge is -2.21. The van der Waals surface area contributed by atoms with Crippen LogP contribution in [0, 0.1) is 16.7 Å². The van der Waals surface area contributed by atoms with E-state index in [0.717, 1.165) is 12.8 Å². The van der Waals surface area contributed by atoms with Gasteiger partial charge in [0.15, 0.2) is 0 Å². The summed E-state index contributed by atoms with van der Waals surface area (Å²) in [5.74, 6) is -0.303. The Morgan fingerprint density at radius 1 is 1.33 bits per heavy atom. The van der Waals surface area contributed by atoms with Crippen LogP contribution in [0.3, 0.4) is 0 Å². The third kappa shape index (κ3) is 3.73. The first-order valence-corrected chi connectivity index (χ1v) is 6.57. The molecule has 18 heavy (non-hydrogen) atoms. The van der Waals surface area contributed by atoms with E-state index in [2.05, 4.69) is 16.7 Å². The molecule has 1 saturated carbocycles. The van der Waals surface area contributed by atoms with E-state index >= 15 is 0 Å². The lowest BCUT2D eigenvalue weighted by atomic mass is 9.83. The van der Waals surface area contributed by atoms with Gasteiger partial charge >= 0.3 is 0 Å². The molecule has 0 unspecified atom stereocenters. The van der Waals surface area contributed by atoms with Crippen molar-refractivity contribution in [3.8, 4) is 6.07 Å². The van der Waals surface area contributed by atoms with E-state index in [-0.39, 0.29) is 18.2 Å². The molecular formula is C13H21N3O2. The first-order valence-electron chi connectivity index (χ1n) is 6.57. The highest BCUT2D eigenvalue weighted by molar-refractivity contribution is 5.86. The second kappa shape index (κ2) is 6.39. The minimum atomic E-state index is -0.951. The molecule has 0 aromatic rings. The molecule has 0 aromatic carbocycles. The molecular weight excluding hydrogens is 230 g/mol. The summed E-state index contributed by atoms with van der Waals surface area (Å²) in [6.07, 6.45) is 3.36. The zero-order chi connectivity index (χ0) is 13.6. The van der Waals surface area contributed by atoms with E-state index in [1.807, 2.05) is 13.8 Å². The number of amides is 2. The fourth-order valence-electron chi connectivity index (χ4n) is 1.77. The molecule has 1 aliphatic carbocycles. The standard InChI is InChI=1S/C13H21N3O2/c1-3-13(4-2,9-14)12(18)15-8-7-11(17)16-10-5-6-10/h10H,3-8H2,1-2H3,(H,15,18)(H,16,17). The molecule has 0 aliphatic heterocycles. The maximum Gasteiger partial charge on any atom is 0.240 e. The second-order valence-corrected chi connectivity index (χ2v) is 4.75. The van der Waals surface area contributed by atoms with Crippen LogP contribution in [0.25, 0.3) is 0 Å². The number of nitrogens with zero attached hydrogens (tertiary/aromatic N) is 1. The van der Waals surface area contributed by atoms with Gasteiger partial charge in [-0.1, -0.05) is 13.8 Å². The molecule has 1 fully saturated rings. The lowest BCUT2D eigenvalue weighted by Crippen LogP contribution is -2.41. The van der Waals surface area contributed by atoms with Crippen LogP contribution in [-0.2, 0) is 9.59 Å². The maximum absolute atomic E-state index is 11.9. The van der Waals surface area contributed by atoms with Crippen molar-refractivity contribution in [3.05, 3.63) is 0 Å². The van der Waals surface area contributed by atoms with Crippen LogP contribution in [-0.4, -0.2) is 24.4 Å². The van der Waals surface area contributed by atoms with Crippen LogP contribution in [0.4, 0.5) is 0 Å². The number of rotatable bonds is 7. The third-order valence-electron chi connectivity index (χ3n) is 3.44. The summed E-state index contributed by atoms with van der Waals surface area (Å²) in [5.41, 5.74) is -0.951. The third-order valence-corrected chi connectivity index (χ3v) is 3.44. The predicted molar refractivity (Wildman–Crippen MR) is 67.4 cm³/mol. The largest absolute Gasteiger partial charge is 0.354 e. The van der Waals surface area contributed by atoms with Crippen LogP contribution in [0.5, 0.6) is 0 Å². The van der Waals surface area contributed by atoms with E-state index in [4.69, 9.17) is 5.26 Å². The van der Waals surface area contributed by atoms with Crippen LogP contribution in [0.2, 0.25) is 0 Å². The monoisotopic (exact) mass is 251 g/mol. The molecule has 0 spiro atoms. The SMILES string of the molecule is CCC(C#N)(CC)C(=O)NCCC(=O)NC1CC1. The molecule has 1 rings (SSSR count). The van der Waals surface area contributed by atoms with Crippen LogP contribution in [0.1, 0.15) is 46.0 Å². The lowest BCUT2D eigenvalue weighted by molar-refractivity contribution is -0.128. The Morgan fingerprint density at radius 2 is 1.94 bits per heavy atom. The fourth-order valence-corrected chi connectivity index (χ4v) is 1.77. The van der Waals surface area contributed by atoms with Crippen molar-refractivity contribution < 1.29 is 9.59 Å². The normalized spacial score (nSPS) is 14.7. The van der Waals surface area contributed by atoms with Crippen molar-refractivity contribution in [3.63, 3.8) is 0 Å². The molecule has 5 nitrogen and oxygen atoms in total. The summed E-state index contributed by atoms with van der Waals surface area (Å²) < 4.78 is 0. The molecule has 2 amide bonds. The summed E-state index contributed by atoms with van der Waals surface area (Å²) >= 11 is 0. The molecule has 0 radical (unpaired) electrons. The molecule has 0 heterocycles. The van der Waals surface area contributed by atoms with Crippen LogP contribution >= 0.6 is 0 Å². The summed E-state index contributed by atoms with van der Waals surface area (Å²) in [6, 6.07) is 2.43. The Hall–Kier alpha value is -1.57. The van der Waals surface area contributed by atoms with Gasteiger partial charge in [-0.15, -0.1) is 0 Å². The summed E-state index contributed by atoms with van der Waals surface area (Å²) in [6.45, 7) is 3.94. The summed E-state index contributed by atoms with van der Waals surface area (Å²) in [5, 5.41) is 14.6. The minimum Gasteiger partial charge on any atom is -0.354 e. The van der Waals surface area contributed by atoms with Crippen molar-refractivity contribution in [2.24, 2.45) is 5.41 Å². The van der Waals surface area contributed by atoms with Gasteiger partial charge in [0.05, 0.1) is 6.07 Å². The average molecular weight is 251 g/mol. The van der Waals surface area contributed by atoms with Crippen molar-refractivity contribution in [1.82, 2.24) is 10.6 Å². The van der Waals surface area contributed by atoms with Gasteiger partial charge in [0.1, 0.15) is 5.41 Å². The van der Waals surface area contributed by atoms with E-state index in [1.165, 1.54) is 0 Å². The van der Waals surface area contributed by atoms with Gasteiger partial charge in [0.25, 0.3) is 0 Å². The van der Waals surface area contributed by atoms with Gasteiger partial charge in [-0.2, -0.15) is 5.26 Å². The molecule has 0 saturated heterocycles. The smallest absolute Gasteiger partial charge is 0.240 e. The second-order valence-electron chi connectivity index (χ2n) is 4.75. The Balaban J connectivity index is 2.31. The first-order chi connectivity index (χ1) is 8.57. The summed E-state index contributed by atoms with van der Waals surface area (Å²) in [7, 11) is 0. The number of nitrogens with one attached hydrogen (secondary N) is 2. The fraction of sp³-hybridized carbons (Fsp3) is 0.769. The Bertz CT molecular complexity index is 352. The number of hydrogen-bond donors (Lipinski definition) is 2. The molecule has 100 valence electrons. The number of carbonyl (C=O) groups excluding carboxylic acids is 2. The minimum absolute atomic E-state index is 0.0339. The van der Waals surface area contributed by atoms with Crippen molar-refractivity contribution in [1.29, 1.82) is 5.26 Å². The van der Waals surface area contributed by atoms with Crippen molar-refractivity contribution in [2.75, 3.05) is 6.54 Å². The Morgan fingerprint density at radius 3 is 2.39 bits per heavy atom. The quantitative estimate of drug-likeness (QED) is 0.711. The topological polar surface area (TPSA) is 82.0 Å². The van der Waals surface area contributed by atoms with Crippen LogP contribution < -0.4 is 10.6 Å². The van der Waals surface area contributed by atoms with E-state index in [9.17, 15) is 9.59 Å². The van der Waals surface area contributed by atoms with E-state index in [1.54, 1.807) is 0 Å². The van der Waals surface area contributed by atoms with Gasteiger partial charge in [0, 0.05) is 19.0 Å². The van der Waals surface area contributed by atoms with Crippen LogP contribution in [0.15, 0.2) is 0 Å². The highest BCUT2D eigenvalue weighted by Crippen LogP contribution is 2.25. The number of carbonyl (C=O) groups is 2. The Labute approximate surface area is 108 Å². The molecule has 0 aromatic heterocycles. The Kier molecular flexibility index (Phi) is 5.14. The number of nitriles is 1. The highest BCUT2D eigenvalue weighted by Gasteiger charge is 2.34. The first kappa shape index (κ1) is 14.5. The maximum atomic E-state index is 11.9. The van der Waals surface area contributed by atoms with Gasteiger partial charge in [0.2, 0.25) is 11.8 Å². The molecule has 0 bridgehead atoms. The zero-order valence-corrected chi connectivity index (χ0v) is 11.1.